The Labute approximate surface area is 127 Å². The van der Waals surface area contributed by atoms with Crippen molar-refractivity contribution < 1.29 is 19.3 Å². The Hall–Kier alpha value is -1.26. The third-order valence-electron chi connectivity index (χ3n) is 4.15. The Bertz CT molecular complexity index is 532. The van der Waals surface area contributed by atoms with Crippen LogP contribution in [0.1, 0.15) is 55.5 Å². The fourth-order valence-electron chi connectivity index (χ4n) is 3.03. The van der Waals surface area contributed by atoms with Gasteiger partial charge in [-0.3, -0.25) is 0 Å². The Morgan fingerprint density at radius 1 is 1.29 bits per heavy atom. The van der Waals surface area contributed by atoms with Crippen LogP contribution in [0.4, 0.5) is 0 Å². The maximum atomic E-state index is 10.2. The summed E-state index contributed by atoms with van der Waals surface area (Å²) in [6.07, 6.45) is 1.31. The summed E-state index contributed by atoms with van der Waals surface area (Å²) in [6, 6.07) is 0. The Kier molecular flexibility index (Phi) is 4.49. The highest BCUT2D eigenvalue weighted by Crippen LogP contribution is 2.45. The maximum absolute atomic E-state index is 10.2. The van der Waals surface area contributed by atoms with Crippen LogP contribution in [-0.4, -0.2) is 24.6 Å². The molecule has 0 amide bonds. The van der Waals surface area contributed by atoms with Crippen LogP contribution in [0, 0.1) is 13.8 Å². The van der Waals surface area contributed by atoms with Gasteiger partial charge in [0.2, 0.25) is 0 Å². The average Bonchev–Trinajstić information content (AvgIpc) is 2.39. The maximum Gasteiger partial charge on any atom is 0.188 e. The molecule has 0 fully saturated rings. The molecule has 1 aromatic rings. The van der Waals surface area contributed by atoms with E-state index in [2.05, 4.69) is 13.8 Å². The van der Waals surface area contributed by atoms with Gasteiger partial charge in [-0.05, 0) is 53.0 Å². The van der Waals surface area contributed by atoms with E-state index in [9.17, 15) is 5.11 Å². The zero-order valence-corrected chi connectivity index (χ0v) is 13.9. The van der Waals surface area contributed by atoms with E-state index in [0.717, 1.165) is 41.0 Å². The van der Waals surface area contributed by atoms with Gasteiger partial charge in [0.15, 0.2) is 6.79 Å². The van der Waals surface area contributed by atoms with Crippen molar-refractivity contribution in [3.8, 4) is 11.5 Å². The number of aliphatic hydroxyl groups is 1. The number of aliphatic hydroxyl groups excluding tert-OH is 1. The molecule has 118 valence electrons. The number of hydrogen-bond donors (Lipinski definition) is 1. The summed E-state index contributed by atoms with van der Waals surface area (Å²) < 4.78 is 16.9. The quantitative estimate of drug-likeness (QED) is 0.864. The molecule has 1 aromatic carbocycles. The molecule has 1 atom stereocenters. The largest absolute Gasteiger partial charge is 0.487 e. The summed E-state index contributed by atoms with van der Waals surface area (Å²) in [5.74, 6) is 1.64. The molecule has 1 N–H and O–H groups in total. The van der Waals surface area contributed by atoms with Crippen LogP contribution in [-0.2, 0) is 11.2 Å². The van der Waals surface area contributed by atoms with Gasteiger partial charge in [0.05, 0.1) is 6.10 Å². The minimum Gasteiger partial charge on any atom is -0.487 e. The third-order valence-corrected chi connectivity index (χ3v) is 4.15. The molecule has 0 radical (unpaired) electrons. The summed E-state index contributed by atoms with van der Waals surface area (Å²) in [6.45, 7) is 10.1. The van der Waals surface area contributed by atoms with Crippen molar-refractivity contribution in [2.75, 3.05) is 13.9 Å². The van der Waals surface area contributed by atoms with Gasteiger partial charge in [-0.15, -0.1) is 0 Å². The van der Waals surface area contributed by atoms with Crippen molar-refractivity contribution in [1.29, 1.82) is 0 Å². The molecule has 4 heteroatoms. The third kappa shape index (κ3) is 3.01. The SMILES string of the molecule is COCOc1c(C)c2c(c(C)c1C(C)O)OC(C)(C)CC2. The minimum atomic E-state index is -0.616. The molecule has 0 bridgehead atoms. The molecule has 0 aromatic heterocycles. The zero-order chi connectivity index (χ0) is 15.8. The Morgan fingerprint density at radius 2 is 1.95 bits per heavy atom. The lowest BCUT2D eigenvalue weighted by atomic mass is 9.86. The lowest BCUT2D eigenvalue weighted by Crippen LogP contribution is -2.33. The smallest absolute Gasteiger partial charge is 0.188 e. The second-order valence-corrected chi connectivity index (χ2v) is 6.39. The lowest BCUT2D eigenvalue weighted by Gasteiger charge is -2.36. The summed E-state index contributed by atoms with van der Waals surface area (Å²) in [7, 11) is 1.59. The van der Waals surface area contributed by atoms with Crippen molar-refractivity contribution in [1.82, 2.24) is 0 Å². The van der Waals surface area contributed by atoms with E-state index in [1.54, 1.807) is 14.0 Å². The van der Waals surface area contributed by atoms with Crippen LogP contribution in [0.3, 0.4) is 0 Å². The molecule has 0 aliphatic carbocycles. The number of methoxy groups -OCH3 is 1. The average molecular weight is 294 g/mol. The molecular weight excluding hydrogens is 268 g/mol. The lowest BCUT2D eigenvalue weighted by molar-refractivity contribution is 0.0464. The van der Waals surface area contributed by atoms with E-state index >= 15 is 0 Å². The van der Waals surface area contributed by atoms with E-state index in [4.69, 9.17) is 14.2 Å². The van der Waals surface area contributed by atoms with Crippen molar-refractivity contribution in [3.63, 3.8) is 0 Å². The summed E-state index contributed by atoms with van der Waals surface area (Å²) in [5, 5.41) is 10.2. The van der Waals surface area contributed by atoms with Crippen molar-refractivity contribution in [2.24, 2.45) is 0 Å². The molecule has 4 nitrogen and oxygen atoms in total. The Balaban J connectivity index is 2.61. The van der Waals surface area contributed by atoms with Gasteiger partial charge in [-0.2, -0.15) is 0 Å². The van der Waals surface area contributed by atoms with Crippen molar-refractivity contribution >= 4 is 0 Å². The molecule has 0 spiro atoms. The van der Waals surface area contributed by atoms with E-state index < -0.39 is 6.10 Å². The topological polar surface area (TPSA) is 47.9 Å². The molecule has 1 heterocycles. The molecule has 0 saturated heterocycles. The van der Waals surface area contributed by atoms with Gasteiger partial charge < -0.3 is 19.3 Å². The second kappa shape index (κ2) is 5.85. The summed E-state index contributed by atoms with van der Waals surface area (Å²) >= 11 is 0. The molecule has 1 aliphatic rings. The molecular formula is C17H26O4. The van der Waals surface area contributed by atoms with Crippen LogP contribution < -0.4 is 9.47 Å². The number of benzene rings is 1. The normalized spacial score (nSPS) is 17.9. The first-order valence-electron chi connectivity index (χ1n) is 7.43. The van der Waals surface area contributed by atoms with Crippen molar-refractivity contribution in [2.45, 2.75) is 59.2 Å². The molecule has 2 rings (SSSR count). The summed E-state index contributed by atoms with van der Waals surface area (Å²) in [5.41, 5.74) is 3.81. The van der Waals surface area contributed by atoms with Gasteiger partial charge in [-0.25, -0.2) is 0 Å². The van der Waals surface area contributed by atoms with Crippen LogP contribution in [0.5, 0.6) is 11.5 Å². The second-order valence-electron chi connectivity index (χ2n) is 6.39. The minimum absolute atomic E-state index is 0.172. The van der Waals surface area contributed by atoms with Crippen molar-refractivity contribution in [3.05, 3.63) is 22.3 Å². The van der Waals surface area contributed by atoms with Gasteiger partial charge in [0.25, 0.3) is 0 Å². The van der Waals surface area contributed by atoms with Gasteiger partial charge >= 0.3 is 0 Å². The predicted molar refractivity (Wildman–Crippen MR) is 82.1 cm³/mol. The van der Waals surface area contributed by atoms with E-state index in [1.165, 1.54) is 5.56 Å². The monoisotopic (exact) mass is 294 g/mol. The highest BCUT2D eigenvalue weighted by molar-refractivity contribution is 5.60. The highest BCUT2D eigenvalue weighted by Gasteiger charge is 2.32. The van der Waals surface area contributed by atoms with Crippen LogP contribution in [0.15, 0.2) is 0 Å². The first kappa shape index (κ1) is 16.1. The van der Waals surface area contributed by atoms with Crippen LogP contribution >= 0.6 is 0 Å². The number of rotatable bonds is 4. The fourth-order valence-corrected chi connectivity index (χ4v) is 3.03. The first-order valence-corrected chi connectivity index (χ1v) is 7.43. The van der Waals surface area contributed by atoms with E-state index in [-0.39, 0.29) is 12.4 Å². The summed E-state index contributed by atoms with van der Waals surface area (Å²) in [4.78, 5) is 0. The van der Waals surface area contributed by atoms with E-state index in [0.29, 0.717) is 0 Å². The Morgan fingerprint density at radius 3 is 2.52 bits per heavy atom. The van der Waals surface area contributed by atoms with Gasteiger partial charge in [0.1, 0.15) is 17.1 Å². The zero-order valence-electron chi connectivity index (χ0n) is 13.9. The number of hydrogen-bond acceptors (Lipinski definition) is 4. The molecule has 21 heavy (non-hydrogen) atoms. The van der Waals surface area contributed by atoms with Gasteiger partial charge in [-0.1, -0.05) is 0 Å². The fraction of sp³-hybridized carbons (Fsp3) is 0.647. The highest BCUT2D eigenvalue weighted by atomic mass is 16.7. The van der Waals surface area contributed by atoms with E-state index in [1.807, 2.05) is 13.8 Å². The molecule has 1 unspecified atom stereocenters. The number of fused-ring (bicyclic) bond motifs is 1. The van der Waals surface area contributed by atoms with Crippen LogP contribution in [0.2, 0.25) is 0 Å². The number of ether oxygens (including phenoxy) is 3. The van der Waals surface area contributed by atoms with Gasteiger partial charge in [0, 0.05) is 23.8 Å². The van der Waals surface area contributed by atoms with Crippen LogP contribution in [0.25, 0.3) is 0 Å². The predicted octanol–water partition coefficient (Wildman–Crippen LogP) is 3.44. The standard InChI is InChI=1S/C17H26O4/c1-10-13-7-8-17(4,5)21-15(13)11(2)14(12(3)18)16(10)20-9-19-6/h12,18H,7-9H2,1-6H3. The molecule has 1 aliphatic heterocycles. The molecule has 0 saturated carbocycles. The first-order chi connectivity index (χ1) is 9.78.